The van der Waals surface area contributed by atoms with Crippen LogP contribution in [0, 0.1) is 19.7 Å². The van der Waals surface area contributed by atoms with Gasteiger partial charge >= 0.3 is 30.9 Å². The minimum absolute atomic E-state index is 0.0623. The van der Waals surface area contributed by atoms with Gasteiger partial charge in [-0.1, -0.05) is 192 Å². The third kappa shape index (κ3) is 36.1. The Bertz CT molecular complexity index is 5400. The number of amides is 5. The van der Waals surface area contributed by atoms with Gasteiger partial charge < -0.3 is 49.0 Å². The van der Waals surface area contributed by atoms with E-state index in [9.17, 15) is 94.2 Å². The van der Waals surface area contributed by atoms with Gasteiger partial charge in [0, 0.05) is 163 Å². The third-order valence-corrected chi connectivity index (χ3v) is 24.8. The lowest BCUT2D eigenvalue weighted by Gasteiger charge is -2.30. The second kappa shape index (κ2) is 55.0. The number of rotatable bonds is 38. The molecule has 5 aromatic carbocycles. The van der Waals surface area contributed by atoms with E-state index < -0.39 is 94.7 Å². The smallest absolute Gasteiger partial charge is 0.332 e. The summed E-state index contributed by atoms with van der Waals surface area (Å²) < 4.78 is 207. The Balaban J connectivity index is 0.000000238. The normalized spacial score (nSPS) is 12.6. The van der Waals surface area contributed by atoms with Crippen LogP contribution in [0.1, 0.15) is 195 Å². The number of carbonyl (C=O) groups is 5. The van der Waals surface area contributed by atoms with Crippen molar-refractivity contribution in [2.24, 2.45) is 0 Å². The highest BCUT2D eigenvalue weighted by atomic mass is 35.5. The Morgan fingerprint density at radius 2 is 0.586 bits per heavy atom. The van der Waals surface area contributed by atoms with E-state index in [4.69, 9.17) is 69.6 Å². The fourth-order valence-corrected chi connectivity index (χ4v) is 15.6. The number of nitrogens with zero attached hydrogens (tertiary/aromatic N) is 15. The predicted octanol–water partition coefficient (Wildman–Crippen LogP) is 21.9. The van der Waals surface area contributed by atoms with Crippen LogP contribution in [-0.2, 0) is 63.6 Å². The number of benzene rings is 5. The van der Waals surface area contributed by atoms with E-state index in [2.05, 4.69) is 45.1 Å². The second-order valence-electron chi connectivity index (χ2n) is 32.1. The van der Waals surface area contributed by atoms with Gasteiger partial charge in [-0.15, -0.1) is 0 Å². The number of H-pyrrole nitrogens is 5. The van der Waals surface area contributed by atoms with Crippen LogP contribution < -0.4 is 0 Å². The summed E-state index contributed by atoms with van der Waals surface area (Å²) in [5, 5.41) is 29.5. The number of aryl methyl sites for hydroxylation is 2. The molecular weight excluding hydrogens is 1990 g/mol. The maximum absolute atomic E-state index is 14.2. The molecule has 6 heterocycles. The molecule has 25 nitrogen and oxygen atoms in total. The van der Waals surface area contributed by atoms with Crippen molar-refractivity contribution in [3.8, 4) is 0 Å². The van der Waals surface area contributed by atoms with Gasteiger partial charge in [0.2, 0.25) is 0 Å². The Morgan fingerprint density at radius 3 is 0.907 bits per heavy atom. The van der Waals surface area contributed by atoms with E-state index in [1.807, 2.05) is 130 Å². The van der Waals surface area contributed by atoms with E-state index in [1.54, 1.807) is 48.5 Å². The maximum atomic E-state index is 14.2. The van der Waals surface area contributed by atoms with E-state index in [1.165, 1.54) is 49.1 Å². The van der Waals surface area contributed by atoms with Gasteiger partial charge in [0.05, 0.1) is 6.54 Å². The van der Waals surface area contributed by atoms with Crippen LogP contribution in [0.2, 0.25) is 30.1 Å². The number of aromatic amines is 5. The Morgan fingerprint density at radius 1 is 0.307 bits per heavy atom. The molecule has 0 spiro atoms. The van der Waals surface area contributed by atoms with Crippen molar-refractivity contribution in [2.45, 2.75) is 152 Å². The van der Waals surface area contributed by atoms with Crippen molar-refractivity contribution in [1.29, 1.82) is 0 Å². The fraction of sp³-hybridized carbons (Fsp3) is 0.462. The number of likely N-dealkylation sites (tertiary alicyclic amines) is 1. The molecule has 47 heteroatoms. The van der Waals surface area contributed by atoms with Gasteiger partial charge in [0.15, 0.2) is 28.5 Å². The third-order valence-electron chi connectivity index (χ3n) is 22.7. The van der Waals surface area contributed by atoms with Gasteiger partial charge in [-0.2, -0.15) is 91.3 Å². The van der Waals surface area contributed by atoms with Crippen molar-refractivity contribution in [2.75, 3.05) is 131 Å². The average molecular weight is 2110 g/mol. The van der Waals surface area contributed by atoms with Crippen molar-refractivity contribution in [1.82, 2.24) is 100.0 Å². The lowest BCUT2D eigenvalue weighted by atomic mass is 10.1. The summed E-state index contributed by atoms with van der Waals surface area (Å²) in [6, 6.07) is 30.8. The summed E-state index contributed by atoms with van der Waals surface area (Å²) in [5.74, 6) is -3.66. The Labute approximate surface area is 830 Å². The minimum Gasteiger partial charge on any atom is -0.332 e. The van der Waals surface area contributed by atoms with Gasteiger partial charge in [0.25, 0.3) is 29.5 Å². The molecule has 10 aromatic rings. The number of likely N-dealkylation sites (N-methyl/N-ethyl adjacent to an activating group) is 4. The van der Waals surface area contributed by atoms with Crippen LogP contribution >= 0.6 is 69.6 Å². The number of hydrogen-bond donors (Lipinski definition) is 5. The topological polar surface area (TPSA) is 261 Å². The van der Waals surface area contributed by atoms with Gasteiger partial charge in [-0.3, -0.25) is 49.5 Å². The summed E-state index contributed by atoms with van der Waals surface area (Å²) in [6.07, 6.45) is -19.6. The summed E-state index contributed by atoms with van der Waals surface area (Å²) in [4.78, 5) is 82.1. The van der Waals surface area contributed by atoms with E-state index in [-0.39, 0.29) is 84.9 Å². The Kier molecular flexibility index (Phi) is 45.9. The number of halogens is 22. The van der Waals surface area contributed by atoms with Gasteiger partial charge in [-0.25, -0.2) is 4.39 Å². The molecule has 0 radical (unpaired) electrons. The maximum Gasteiger partial charge on any atom is 0.432 e. The lowest BCUT2D eigenvalue weighted by Crippen LogP contribution is -2.40. The molecule has 0 unspecified atom stereocenters. The van der Waals surface area contributed by atoms with Crippen LogP contribution in [-0.4, -0.2) is 260 Å². The summed E-state index contributed by atoms with van der Waals surface area (Å²) in [6.45, 7) is 32.8. The predicted molar refractivity (Wildman–Crippen MR) is 505 cm³/mol. The molecule has 140 heavy (non-hydrogen) atoms. The molecule has 11 rings (SSSR count). The molecule has 1 fully saturated rings. The molecule has 5 aromatic heterocycles. The minimum atomic E-state index is -4.65. The first-order chi connectivity index (χ1) is 66.0. The molecule has 0 atom stereocenters. The van der Waals surface area contributed by atoms with Crippen LogP contribution in [0.5, 0.6) is 0 Å². The van der Waals surface area contributed by atoms with Crippen LogP contribution in [0.25, 0.3) is 0 Å². The van der Waals surface area contributed by atoms with Crippen molar-refractivity contribution in [3.05, 3.63) is 259 Å². The molecule has 1 saturated heterocycles. The molecule has 5 amide bonds. The number of carbonyl (C=O) groups excluding carboxylic acids is 5. The van der Waals surface area contributed by atoms with E-state index in [0.29, 0.717) is 95.2 Å². The van der Waals surface area contributed by atoms with Crippen LogP contribution in [0.3, 0.4) is 0 Å². The van der Waals surface area contributed by atoms with Gasteiger partial charge in [-0.05, 0) is 157 Å². The van der Waals surface area contributed by atoms with E-state index in [0.717, 1.165) is 124 Å². The van der Waals surface area contributed by atoms with E-state index >= 15 is 0 Å². The average Bonchev–Trinajstić information content (AvgIpc) is 1.72. The second-order valence-corrected chi connectivity index (χ2v) is 34.6. The summed E-state index contributed by atoms with van der Waals surface area (Å²) >= 11 is 37.2. The van der Waals surface area contributed by atoms with Crippen LogP contribution in [0.4, 0.5) is 70.2 Å². The largest absolute Gasteiger partial charge is 0.432 e. The molecule has 0 bridgehead atoms. The first-order valence-corrected chi connectivity index (χ1v) is 47.1. The SMILES string of the molecule is CCN(CC)CCN(Cc1c(Cl)cccc1Cl)C(=O)c1cc(C(F)(F)F)[nH]n1.CCN(CC)CCN(Cc1c(F)cccc1Cl)C(=O)c1cc(C(F)(F)F)[nH]n1.CCN(CC)CCN(Cc1cc(C)ccc1Cl)C(=O)c1cc(C(F)(F)F)[nH]n1.CCN(CC)CCN(Cc1ccc(C)cc1Cl)C(=O)c1cc(C(F)(F)F)[nH]n1.O=C(c1cc(C(F)(F)F)[nH]n1)N(CCN1CCCCC1)Cc1ccccc1Cl. The highest BCUT2D eigenvalue weighted by molar-refractivity contribution is 6.36. The zero-order valence-electron chi connectivity index (χ0n) is 78.5. The molecule has 0 aliphatic carbocycles. The number of alkyl halides is 15. The van der Waals surface area contributed by atoms with Gasteiger partial charge in [0.1, 0.15) is 34.3 Å². The molecule has 5 N–H and O–H groups in total. The molecular formula is C93H112Cl6F16N20O5. The monoisotopic (exact) mass is 2100 g/mol. The van der Waals surface area contributed by atoms with Crippen molar-refractivity contribution in [3.63, 3.8) is 0 Å². The standard InChI is InChI=1S/C19H22ClF3N4O.2C19H24ClF3N4O.C18H21Cl2F3N4O.C18H21ClF4N4O/c20-15-7-3-2-6-14(15)13-27(11-10-26-8-4-1-5-9-26)18(28)16-12-17(25-24-16)19(21,22)23;1-4-26(5-2)8-9-27(12-14-10-13(3)6-7-15(14)20)18(28)16-11-17(25-24-16)19(21,22)23;1-4-26(5-2)8-9-27(12-14-7-6-13(3)10-15(14)20)18(28)16-11-17(25-24-16)19(21,22)23;2*1-3-26(4-2)8-9-27(11-12-13(19)6-5-7-14(12)20)17(28)15-10-16(25-24-15)18(21,22)23/h2-3,6-7,12H,1,4-5,8-11,13H2,(H,24,25);2*6-7,10-11H,4-5,8-9,12H2,1-3H3,(H,24,25);2*5-7,10H,3-4,8-9,11H2,1-2H3,(H,24,25). The molecule has 1 aliphatic rings. The zero-order chi connectivity index (χ0) is 104. The summed E-state index contributed by atoms with van der Waals surface area (Å²) in [7, 11) is 0. The van der Waals surface area contributed by atoms with Crippen molar-refractivity contribution >= 4 is 99.1 Å². The fourth-order valence-electron chi connectivity index (χ4n) is 14.2. The summed E-state index contributed by atoms with van der Waals surface area (Å²) in [5.41, 5.74) is -2.02. The number of piperidine rings is 1. The number of hydrogen-bond acceptors (Lipinski definition) is 15. The highest BCUT2D eigenvalue weighted by Crippen LogP contribution is 2.36. The van der Waals surface area contributed by atoms with Crippen LogP contribution in [0.15, 0.2) is 127 Å². The first kappa shape index (κ1) is 117. The lowest BCUT2D eigenvalue weighted by molar-refractivity contribution is -0.142. The first-order valence-electron chi connectivity index (χ1n) is 44.8. The zero-order valence-corrected chi connectivity index (χ0v) is 83.0. The quantitative estimate of drug-likeness (QED) is 0.0225. The van der Waals surface area contributed by atoms with Crippen molar-refractivity contribution < 1.29 is 94.2 Å². The molecule has 0 saturated carbocycles. The highest BCUT2D eigenvalue weighted by Gasteiger charge is 2.40. The number of aromatic nitrogens is 10. The Hall–Kier alpha value is -10.1. The molecule has 768 valence electrons. The number of nitrogens with one attached hydrogen (secondary N) is 5. The molecule has 1 aliphatic heterocycles.